The highest BCUT2D eigenvalue weighted by molar-refractivity contribution is 6.10. The molecule has 0 aliphatic rings. The smallest absolute Gasteiger partial charge is 0.166 e. The molecule has 2 heterocycles. The zero-order valence-electron chi connectivity index (χ0n) is 27.6. The van der Waals surface area contributed by atoms with Crippen LogP contribution in [-0.2, 0) is 0 Å². The van der Waals surface area contributed by atoms with Crippen LogP contribution in [0.5, 0.6) is 0 Å². The molecule has 0 fully saturated rings. The van der Waals surface area contributed by atoms with E-state index in [1.54, 1.807) is 0 Å². The molecule has 2 aromatic heterocycles. The van der Waals surface area contributed by atoms with Crippen molar-refractivity contribution < 1.29 is 0 Å². The maximum Gasteiger partial charge on any atom is 0.166 e. The van der Waals surface area contributed by atoms with Crippen LogP contribution >= 0.6 is 0 Å². The lowest BCUT2D eigenvalue weighted by Gasteiger charge is -2.16. The van der Waals surface area contributed by atoms with E-state index in [4.69, 9.17) is 15.0 Å². The van der Waals surface area contributed by atoms with Crippen LogP contribution in [0.1, 0.15) is 0 Å². The lowest BCUT2D eigenvalue weighted by Crippen LogP contribution is -2.04. The molecular formula is C47H30N4. The SMILES string of the molecule is c1ccc(-c2ccc(-c3nc(-c4ccccc4)nc(-c4ccc5c(ccc6ccccc65)c4)n3)c(-n3c4ccccc4c4ccccc43)c2)cc1. The van der Waals surface area contributed by atoms with E-state index >= 15 is 0 Å². The van der Waals surface area contributed by atoms with E-state index in [0.29, 0.717) is 17.5 Å². The number of nitrogens with zero attached hydrogens (tertiary/aromatic N) is 4. The number of fused-ring (bicyclic) bond motifs is 6. The van der Waals surface area contributed by atoms with E-state index in [1.165, 1.54) is 26.9 Å². The van der Waals surface area contributed by atoms with Crippen molar-refractivity contribution in [1.29, 1.82) is 0 Å². The Balaban J connectivity index is 1.25. The molecule has 0 saturated heterocycles. The van der Waals surface area contributed by atoms with Gasteiger partial charge in [0.25, 0.3) is 0 Å². The molecule has 0 aliphatic carbocycles. The van der Waals surface area contributed by atoms with Gasteiger partial charge in [-0.15, -0.1) is 0 Å². The van der Waals surface area contributed by atoms with Gasteiger partial charge in [0.05, 0.1) is 16.7 Å². The fourth-order valence-electron chi connectivity index (χ4n) is 7.39. The van der Waals surface area contributed by atoms with Crippen LogP contribution in [0.3, 0.4) is 0 Å². The van der Waals surface area contributed by atoms with Gasteiger partial charge in [-0.1, -0.05) is 152 Å². The summed E-state index contributed by atoms with van der Waals surface area (Å²) in [5.41, 5.74) is 8.34. The van der Waals surface area contributed by atoms with Crippen molar-refractivity contribution in [1.82, 2.24) is 19.5 Å². The quantitative estimate of drug-likeness (QED) is 0.174. The maximum absolute atomic E-state index is 5.27. The highest BCUT2D eigenvalue weighted by atomic mass is 15.1. The average molecular weight is 651 g/mol. The molecule has 10 rings (SSSR count). The van der Waals surface area contributed by atoms with Crippen LogP contribution in [0.25, 0.3) is 94.3 Å². The third-order valence-electron chi connectivity index (χ3n) is 9.84. The molecule has 238 valence electrons. The molecule has 0 radical (unpaired) electrons. The Morgan fingerprint density at radius 1 is 0.314 bits per heavy atom. The Kier molecular flexibility index (Phi) is 6.78. The summed E-state index contributed by atoms with van der Waals surface area (Å²) in [7, 11) is 0. The standard InChI is InChI=1S/C47H30N4/c1-3-13-31(14-4-1)34-25-28-41(44(30-34)51-42-21-11-9-19-39(42)40-20-10-12-22-43(40)51)47-49-45(33-16-5-2-6-17-33)48-46(50-47)36-26-27-38-35(29-36)24-23-32-15-7-8-18-37(32)38/h1-30H. The van der Waals surface area contributed by atoms with Crippen LogP contribution in [0.15, 0.2) is 182 Å². The van der Waals surface area contributed by atoms with Gasteiger partial charge in [-0.25, -0.2) is 15.0 Å². The maximum atomic E-state index is 5.27. The van der Waals surface area contributed by atoms with Gasteiger partial charge in [0.2, 0.25) is 0 Å². The number of rotatable bonds is 5. The van der Waals surface area contributed by atoms with E-state index in [2.05, 4.69) is 168 Å². The Bertz CT molecular complexity index is 2860. The molecule has 0 spiro atoms. The van der Waals surface area contributed by atoms with Crippen molar-refractivity contribution in [2.24, 2.45) is 0 Å². The van der Waals surface area contributed by atoms with Crippen molar-refractivity contribution in [3.8, 4) is 51.0 Å². The van der Waals surface area contributed by atoms with Crippen molar-refractivity contribution in [3.63, 3.8) is 0 Å². The number of benzene rings is 8. The second kappa shape index (κ2) is 11.9. The second-order valence-corrected chi connectivity index (χ2v) is 12.9. The van der Waals surface area contributed by atoms with Gasteiger partial charge in [0, 0.05) is 27.5 Å². The fourth-order valence-corrected chi connectivity index (χ4v) is 7.39. The summed E-state index contributed by atoms with van der Waals surface area (Å²) < 4.78 is 2.36. The molecule has 10 aromatic rings. The molecule has 0 unspecified atom stereocenters. The summed E-state index contributed by atoms with van der Waals surface area (Å²) >= 11 is 0. The highest BCUT2D eigenvalue weighted by Gasteiger charge is 2.20. The summed E-state index contributed by atoms with van der Waals surface area (Å²) in [6, 6.07) is 64.0. The predicted octanol–water partition coefficient (Wildman–Crippen LogP) is 11.9. The first-order valence-electron chi connectivity index (χ1n) is 17.2. The monoisotopic (exact) mass is 650 g/mol. The zero-order chi connectivity index (χ0) is 33.7. The van der Waals surface area contributed by atoms with Crippen molar-refractivity contribution in [2.75, 3.05) is 0 Å². The van der Waals surface area contributed by atoms with Crippen molar-refractivity contribution >= 4 is 43.4 Å². The van der Waals surface area contributed by atoms with Crippen molar-refractivity contribution in [2.45, 2.75) is 0 Å². The van der Waals surface area contributed by atoms with E-state index in [-0.39, 0.29) is 0 Å². The number of hydrogen-bond donors (Lipinski definition) is 0. The predicted molar refractivity (Wildman–Crippen MR) is 211 cm³/mol. The normalized spacial score (nSPS) is 11.5. The summed E-state index contributed by atoms with van der Waals surface area (Å²) in [5, 5.41) is 7.22. The Morgan fingerprint density at radius 3 is 1.57 bits per heavy atom. The van der Waals surface area contributed by atoms with Crippen LogP contribution in [0.2, 0.25) is 0 Å². The molecule has 0 amide bonds. The van der Waals surface area contributed by atoms with Gasteiger partial charge in [-0.05, 0) is 63.0 Å². The molecule has 51 heavy (non-hydrogen) atoms. The lowest BCUT2D eigenvalue weighted by atomic mass is 10.00. The molecule has 4 nitrogen and oxygen atoms in total. The number of hydrogen-bond acceptors (Lipinski definition) is 3. The zero-order valence-corrected chi connectivity index (χ0v) is 27.6. The molecular weight excluding hydrogens is 621 g/mol. The van der Waals surface area contributed by atoms with E-state index in [0.717, 1.165) is 49.9 Å². The highest BCUT2D eigenvalue weighted by Crippen LogP contribution is 2.38. The third-order valence-corrected chi connectivity index (χ3v) is 9.84. The Labute approximate surface area is 295 Å². The number of para-hydroxylation sites is 2. The molecule has 8 aromatic carbocycles. The number of aromatic nitrogens is 4. The topological polar surface area (TPSA) is 43.6 Å². The summed E-state index contributed by atoms with van der Waals surface area (Å²) in [6.07, 6.45) is 0. The van der Waals surface area contributed by atoms with Gasteiger partial charge in [0.15, 0.2) is 17.5 Å². The molecule has 0 bridgehead atoms. The molecule has 0 N–H and O–H groups in total. The molecule has 0 atom stereocenters. The minimum Gasteiger partial charge on any atom is -0.308 e. The van der Waals surface area contributed by atoms with Gasteiger partial charge in [-0.2, -0.15) is 0 Å². The first-order chi connectivity index (χ1) is 25.3. The summed E-state index contributed by atoms with van der Waals surface area (Å²) in [6.45, 7) is 0. The average Bonchev–Trinajstić information content (AvgIpc) is 3.55. The van der Waals surface area contributed by atoms with E-state index in [9.17, 15) is 0 Å². The first kappa shape index (κ1) is 29.0. The lowest BCUT2D eigenvalue weighted by molar-refractivity contribution is 1.06. The minimum absolute atomic E-state index is 0.619. The van der Waals surface area contributed by atoms with Gasteiger partial charge < -0.3 is 4.57 Å². The third kappa shape index (κ3) is 4.96. The summed E-state index contributed by atoms with van der Waals surface area (Å²) in [4.78, 5) is 15.6. The van der Waals surface area contributed by atoms with E-state index in [1.807, 2.05) is 18.2 Å². The van der Waals surface area contributed by atoms with Gasteiger partial charge in [-0.3, -0.25) is 0 Å². The Hall–Kier alpha value is -6.91. The largest absolute Gasteiger partial charge is 0.308 e. The van der Waals surface area contributed by atoms with Crippen molar-refractivity contribution in [3.05, 3.63) is 182 Å². The second-order valence-electron chi connectivity index (χ2n) is 12.9. The van der Waals surface area contributed by atoms with Crippen LogP contribution in [0, 0.1) is 0 Å². The van der Waals surface area contributed by atoms with Crippen LogP contribution in [0.4, 0.5) is 0 Å². The minimum atomic E-state index is 0.619. The molecule has 0 saturated carbocycles. The van der Waals surface area contributed by atoms with Crippen LogP contribution in [-0.4, -0.2) is 19.5 Å². The first-order valence-corrected chi connectivity index (χ1v) is 17.2. The summed E-state index contributed by atoms with van der Waals surface area (Å²) in [5.74, 6) is 1.89. The molecule has 0 aliphatic heterocycles. The fraction of sp³-hybridized carbons (Fsp3) is 0. The van der Waals surface area contributed by atoms with E-state index < -0.39 is 0 Å². The van der Waals surface area contributed by atoms with Gasteiger partial charge in [0.1, 0.15) is 0 Å². The molecule has 4 heteroatoms. The van der Waals surface area contributed by atoms with Crippen LogP contribution < -0.4 is 0 Å². The van der Waals surface area contributed by atoms with Gasteiger partial charge >= 0.3 is 0 Å². The Morgan fingerprint density at radius 2 is 0.843 bits per heavy atom.